The summed E-state index contributed by atoms with van der Waals surface area (Å²) >= 11 is 0. The van der Waals surface area contributed by atoms with Crippen molar-refractivity contribution < 1.29 is 29.0 Å². The Hall–Kier alpha value is -3.39. The zero-order chi connectivity index (χ0) is 24.4. The highest BCUT2D eigenvalue weighted by Crippen LogP contribution is 2.59. The van der Waals surface area contributed by atoms with Gasteiger partial charge in [0.1, 0.15) is 13.2 Å². The molecule has 3 aliphatic rings. The van der Waals surface area contributed by atoms with Gasteiger partial charge >= 0.3 is 12.1 Å². The molecule has 5 rings (SSSR count). The van der Waals surface area contributed by atoms with Crippen LogP contribution in [0.1, 0.15) is 36.3 Å². The van der Waals surface area contributed by atoms with Crippen molar-refractivity contribution in [3.05, 3.63) is 59.7 Å². The number of hydrogen-bond acceptors (Lipinski definition) is 5. The SMILES string of the molecule is O=C(NCCOCC(=O)N1CCC2(CC1)CC2C(=O)O)OCC1c2ccccc2-c2ccccc21. The molecule has 0 bridgehead atoms. The Bertz CT molecular complexity index is 1080. The number of ether oxygens (including phenoxy) is 2. The fourth-order valence-electron chi connectivity index (χ4n) is 5.58. The van der Waals surface area contributed by atoms with Gasteiger partial charge in [0.25, 0.3) is 0 Å². The Morgan fingerprint density at radius 1 is 1.00 bits per heavy atom. The molecule has 35 heavy (non-hydrogen) atoms. The van der Waals surface area contributed by atoms with Crippen LogP contribution in [0.15, 0.2) is 48.5 Å². The third kappa shape index (κ3) is 4.75. The van der Waals surface area contributed by atoms with Crippen LogP contribution in [0.2, 0.25) is 0 Å². The Labute approximate surface area is 204 Å². The molecule has 2 amide bonds. The first-order valence-corrected chi connectivity index (χ1v) is 12.2. The molecule has 1 aliphatic heterocycles. The molecule has 1 unspecified atom stereocenters. The maximum absolute atomic E-state index is 12.4. The summed E-state index contributed by atoms with van der Waals surface area (Å²) in [6.07, 6.45) is 1.68. The first kappa shape index (κ1) is 23.4. The number of carbonyl (C=O) groups is 3. The molecule has 2 fully saturated rings. The van der Waals surface area contributed by atoms with E-state index in [0.717, 1.165) is 30.4 Å². The molecule has 2 N–H and O–H groups in total. The van der Waals surface area contributed by atoms with E-state index in [1.165, 1.54) is 11.1 Å². The number of rotatable bonds is 8. The zero-order valence-corrected chi connectivity index (χ0v) is 19.6. The molecular formula is C27H30N2O6. The molecule has 8 nitrogen and oxygen atoms in total. The first-order valence-electron chi connectivity index (χ1n) is 12.2. The predicted molar refractivity (Wildman–Crippen MR) is 128 cm³/mol. The van der Waals surface area contributed by atoms with Crippen molar-refractivity contribution >= 4 is 18.0 Å². The molecule has 1 atom stereocenters. The maximum atomic E-state index is 12.4. The number of alkyl carbamates (subject to hydrolysis) is 1. The summed E-state index contributed by atoms with van der Waals surface area (Å²) in [5.74, 6) is -1.07. The van der Waals surface area contributed by atoms with E-state index in [4.69, 9.17) is 9.47 Å². The number of likely N-dealkylation sites (tertiary alicyclic amines) is 1. The highest BCUT2D eigenvalue weighted by Gasteiger charge is 2.59. The van der Waals surface area contributed by atoms with Gasteiger partial charge in [-0.1, -0.05) is 48.5 Å². The minimum Gasteiger partial charge on any atom is -0.481 e. The molecule has 0 aromatic heterocycles. The lowest BCUT2D eigenvalue weighted by atomic mass is 9.91. The van der Waals surface area contributed by atoms with Crippen LogP contribution in [-0.4, -0.2) is 67.4 Å². The predicted octanol–water partition coefficient (Wildman–Crippen LogP) is 3.26. The third-order valence-corrected chi connectivity index (χ3v) is 7.68. The van der Waals surface area contributed by atoms with Gasteiger partial charge in [0, 0.05) is 25.6 Å². The number of piperidine rings is 1. The number of hydrogen-bond donors (Lipinski definition) is 2. The topological polar surface area (TPSA) is 105 Å². The van der Waals surface area contributed by atoms with Crippen molar-refractivity contribution in [1.29, 1.82) is 0 Å². The summed E-state index contributed by atoms with van der Waals surface area (Å²) in [6.45, 7) is 1.79. The minimum atomic E-state index is -0.725. The summed E-state index contributed by atoms with van der Waals surface area (Å²) in [4.78, 5) is 37.5. The Balaban J connectivity index is 0.993. The number of amides is 2. The van der Waals surface area contributed by atoms with E-state index in [9.17, 15) is 19.5 Å². The van der Waals surface area contributed by atoms with E-state index in [-0.39, 0.29) is 49.5 Å². The van der Waals surface area contributed by atoms with Crippen LogP contribution in [0.5, 0.6) is 0 Å². The Kier molecular flexibility index (Phi) is 6.47. The number of nitrogens with one attached hydrogen (secondary N) is 1. The average Bonchev–Trinajstić information content (AvgIpc) is 3.48. The molecule has 1 spiro atoms. The average molecular weight is 479 g/mol. The van der Waals surface area contributed by atoms with Crippen molar-refractivity contribution in [3.63, 3.8) is 0 Å². The van der Waals surface area contributed by atoms with Gasteiger partial charge < -0.3 is 24.8 Å². The number of benzene rings is 2. The molecule has 1 heterocycles. The minimum absolute atomic E-state index is 0.00659. The molecule has 1 saturated heterocycles. The maximum Gasteiger partial charge on any atom is 0.407 e. The van der Waals surface area contributed by atoms with Gasteiger partial charge in [-0.3, -0.25) is 9.59 Å². The molecular weight excluding hydrogens is 448 g/mol. The first-order chi connectivity index (χ1) is 17.0. The third-order valence-electron chi connectivity index (χ3n) is 7.68. The number of nitrogens with zero attached hydrogens (tertiary/aromatic N) is 1. The van der Waals surface area contributed by atoms with E-state index in [2.05, 4.69) is 29.6 Å². The fraction of sp³-hybridized carbons (Fsp3) is 0.444. The van der Waals surface area contributed by atoms with Crippen LogP contribution in [0.3, 0.4) is 0 Å². The Morgan fingerprint density at radius 2 is 1.63 bits per heavy atom. The zero-order valence-electron chi connectivity index (χ0n) is 19.6. The molecule has 8 heteroatoms. The van der Waals surface area contributed by atoms with Gasteiger partial charge in [0.05, 0.1) is 12.5 Å². The standard InChI is InChI=1S/C27H30N2O6/c30-24(29-12-9-27(10-13-29)15-23(27)25(31)32)17-34-14-11-28-26(33)35-16-22-20-7-3-1-5-18(20)19-6-2-4-8-21(19)22/h1-8,22-23H,9-17H2,(H,28,33)(H,31,32). The van der Waals surface area contributed by atoms with Crippen molar-refractivity contribution in [2.75, 3.05) is 39.5 Å². The lowest BCUT2D eigenvalue weighted by molar-refractivity contribution is -0.140. The Morgan fingerprint density at radius 3 is 2.23 bits per heavy atom. The van der Waals surface area contributed by atoms with E-state index < -0.39 is 12.1 Å². The molecule has 1 saturated carbocycles. The number of carboxylic acid groups (broad SMARTS) is 1. The largest absolute Gasteiger partial charge is 0.481 e. The highest BCUT2D eigenvalue weighted by molar-refractivity contribution is 5.79. The van der Waals surface area contributed by atoms with Gasteiger partial charge in [-0.25, -0.2) is 4.79 Å². The molecule has 2 aromatic carbocycles. The normalized spacial score (nSPS) is 19.7. The van der Waals surface area contributed by atoms with Crippen LogP contribution in [0.4, 0.5) is 4.79 Å². The summed E-state index contributed by atoms with van der Waals surface area (Å²) < 4.78 is 10.9. The van der Waals surface area contributed by atoms with Gasteiger partial charge in [0.2, 0.25) is 5.91 Å². The van der Waals surface area contributed by atoms with Crippen LogP contribution < -0.4 is 5.32 Å². The van der Waals surface area contributed by atoms with E-state index in [1.807, 2.05) is 24.3 Å². The highest BCUT2D eigenvalue weighted by atomic mass is 16.5. The summed E-state index contributed by atoms with van der Waals surface area (Å²) in [5.41, 5.74) is 4.58. The lowest BCUT2D eigenvalue weighted by Gasteiger charge is -2.32. The van der Waals surface area contributed by atoms with Gasteiger partial charge in [-0.2, -0.15) is 0 Å². The lowest BCUT2D eigenvalue weighted by Crippen LogP contribution is -2.42. The van der Waals surface area contributed by atoms with Crippen LogP contribution in [0.25, 0.3) is 11.1 Å². The van der Waals surface area contributed by atoms with Crippen molar-refractivity contribution in [1.82, 2.24) is 10.2 Å². The summed E-state index contributed by atoms with van der Waals surface area (Å²) in [5, 5.41) is 11.9. The molecule has 2 aliphatic carbocycles. The van der Waals surface area contributed by atoms with Gasteiger partial charge in [-0.15, -0.1) is 0 Å². The number of carboxylic acids is 1. The van der Waals surface area contributed by atoms with Crippen LogP contribution in [-0.2, 0) is 19.1 Å². The van der Waals surface area contributed by atoms with Crippen LogP contribution >= 0.6 is 0 Å². The number of fused-ring (bicyclic) bond motifs is 3. The van der Waals surface area contributed by atoms with E-state index in [0.29, 0.717) is 13.1 Å². The van der Waals surface area contributed by atoms with Gasteiger partial charge in [-0.05, 0) is 46.9 Å². The second-order valence-corrected chi connectivity index (χ2v) is 9.64. The number of aliphatic carboxylic acids is 1. The quantitative estimate of drug-likeness (QED) is 0.565. The summed E-state index contributed by atoms with van der Waals surface area (Å²) in [6, 6.07) is 16.3. The van der Waals surface area contributed by atoms with E-state index >= 15 is 0 Å². The fourth-order valence-corrected chi connectivity index (χ4v) is 5.58. The van der Waals surface area contributed by atoms with Crippen LogP contribution in [0, 0.1) is 11.3 Å². The monoisotopic (exact) mass is 478 g/mol. The van der Waals surface area contributed by atoms with E-state index in [1.54, 1.807) is 4.90 Å². The summed E-state index contributed by atoms with van der Waals surface area (Å²) in [7, 11) is 0. The van der Waals surface area contributed by atoms with Gasteiger partial charge in [0.15, 0.2) is 0 Å². The second kappa shape index (κ2) is 9.70. The van der Waals surface area contributed by atoms with Crippen molar-refractivity contribution in [2.45, 2.75) is 25.2 Å². The molecule has 184 valence electrons. The second-order valence-electron chi connectivity index (χ2n) is 9.64. The smallest absolute Gasteiger partial charge is 0.407 e. The molecule has 2 aromatic rings. The van der Waals surface area contributed by atoms with Crippen molar-refractivity contribution in [2.24, 2.45) is 11.3 Å². The molecule has 0 radical (unpaired) electrons. The number of carbonyl (C=O) groups excluding carboxylic acids is 2. The van der Waals surface area contributed by atoms with Crippen molar-refractivity contribution in [3.8, 4) is 11.1 Å².